The zero-order valence-corrected chi connectivity index (χ0v) is 12.3. The Hall–Kier alpha value is -1.81. The van der Waals surface area contributed by atoms with E-state index in [0.717, 1.165) is 42.4 Å². The molecule has 4 heteroatoms. The number of benzene rings is 1. The van der Waals surface area contributed by atoms with E-state index in [0.29, 0.717) is 6.54 Å². The number of likely N-dealkylation sites (tertiary alicyclic amines) is 1. The van der Waals surface area contributed by atoms with E-state index in [1.165, 1.54) is 12.8 Å². The average Bonchev–Trinajstić information content (AvgIpc) is 2.73. The highest BCUT2D eigenvalue weighted by atomic mass is 16.3. The number of aliphatic hydroxyl groups excluding tert-OH is 1. The van der Waals surface area contributed by atoms with Crippen LogP contribution in [-0.2, 0) is 17.9 Å². The van der Waals surface area contributed by atoms with Gasteiger partial charge in [0.15, 0.2) is 0 Å². The maximum atomic E-state index is 12.5. The quantitative estimate of drug-likeness (QED) is 0.942. The highest BCUT2D eigenvalue weighted by Crippen LogP contribution is 2.18. The second-order valence-corrected chi connectivity index (χ2v) is 5.79. The Bertz CT molecular complexity index is 625. The van der Waals surface area contributed by atoms with Gasteiger partial charge in [-0.3, -0.25) is 4.79 Å². The van der Waals surface area contributed by atoms with E-state index in [1.54, 1.807) is 0 Å². The fourth-order valence-corrected chi connectivity index (χ4v) is 3.05. The van der Waals surface area contributed by atoms with Gasteiger partial charge in [-0.1, -0.05) is 18.9 Å². The molecule has 0 unspecified atom stereocenters. The molecule has 0 aliphatic carbocycles. The van der Waals surface area contributed by atoms with E-state index in [2.05, 4.69) is 0 Å². The van der Waals surface area contributed by atoms with E-state index >= 15 is 0 Å². The van der Waals surface area contributed by atoms with Crippen LogP contribution >= 0.6 is 0 Å². The van der Waals surface area contributed by atoms with Crippen molar-refractivity contribution in [1.29, 1.82) is 0 Å². The minimum Gasteiger partial charge on any atom is -0.392 e. The molecular formula is C17H22N2O2. The SMILES string of the molecule is O=C(Cn1ccc2cc(CO)ccc21)N1CCCCCC1. The van der Waals surface area contributed by atoms with Crippen molar-refractivity contribution < 1.29 is 9.90 Å². The van der Waals surface area contributed by atoms with Crippen LogP contribution in [0.3, 0.4) is 0 Å². The molecule has 1 saturated heterocycles. The first-order valence-corrected chi connectivity index (χ1v) is 7.74. The summed E-state index contributed by atoms with van der Waals surface area (Å²) in [5.41, 5.74) is 1.95. The first-order chi connectivity index (χ1) is 10.3. The van der Waals surface area contributed by atoms with Gasteiger partial charge in [-0.25, -0.2) is 0 Å². The maximum absolute atomic E-state index is 12.5. The summed E-state index contributed by atoms with van der Waals surface area (Å²) in [5.74, 6) is 0.209. The van der Waals surface area contributed by atoms with Crippen LogP contribution in [0.2, 0.25) is 0 Å². The van der Waals surface area contributed by atoms with Gasteiger partial charge in [0.25, 0.3) is 0 Å². The fourth-order valence-electron chi connectivity index (χ4n) is 3.05. The minimum atomic E-state index is 0.0494. The van der Waals surface area contributed by atoms with Crippen LogP contribution in [0.1, 0.15) is 31.2 Å². The van der Waals surface area contributed by atoms with E-state index in [-0.39, 0.29) is 12.5 Å². The Balaban J connectivity index is 1.76. The molecular weight excluding hydrogens is 264 g/mol. The molecule has 1 N–H and O–H groups in total. The number of hydrogen-bond donors (Lipinski definition) is 1. The summed E-state index contributed by atoms with van der Waals surface area (Å²) in [5, 5.41) is 10.3. The van der Waals surface area contributed by atoms with Crippen LogP contribution in [0.4, 0.5) is 0 Å². The highest BCUT2D eigenvalue weighted by molar-refractivity contribution is 5.83. The number of fused-ring (bicyclic) bond motifs is 1. The number of aliphatic hydroxyl groups is 1. The fraction of sp³-hybridized carbons (Fsp3) is 0.471. The molecule has 0 atom stereocenters. The van der Waals surface area contributed by atoms with Crippen LogP contribution in [0.15, 0.2) is 30.5 Å². The summed E-state index contributed by atoms with van der Waals surface area (Å²) in [7, 11) is 0. The Morgan fingerprint density at radius 1 is 1.10 bits per heavy atom. The zero-order chi connectivity index (χ0) is 14.7. The monoisotopic (exact) mass is 286 g/mol. The van der Waals surface area contributed by atoms with Gasteiger partial charge < -0.3 is 14.6 Å². The molecule has 2 aromatic rings. The van der Waals surface area contributed by atoms with Gasteiger partial charge in [0.2, 0.25) is 5.91 Å². The summed E-state index contributed by atoms with van der Waals surface area (Å²) < 4.78 is 2.00. The molecule has 2 heterocycles. The summed E-state index contributed by atoms with van der Waals surface area (Å²) in [6.07, 6.45) is 6.68. The third-order valence-corrected chi connectivity index (χ3v) is 4.28. The van der Waals surface area contributed by atoms with Crippen molar-refractivity contribution in [1.82, 2.24) is 9.47 Å². The lowest BCUT2D eigenvalue weighted by atomic mass is 10.2. The number of rotatable bonds is 3. The van der Waals surface area contributed by atoms with Crippen molar-refractivity contribution in [3.05, 3.63) is 36.0 Å². The number of carbonyl (C=O) groups is 1. The van der Waals surface area contributed by atoms with Gasteiger partial charge in [-0.05, 0) is 42.0 Å². The molecule has 3 rings (SSSR count). The Kier molecular flexibility index (Phi) is 4.25. The normalized spacial score (nSPS) is 16.1. The average molecular weight is 286 g/mol. The number of amides is 1. The largest absolute Gasteiger partial charge is 0.392 e. The summed E-state index contributed by atoms with van der Waals surface area (Å²) in [6, 6.07) is 7.87. The van der Waals surface area contributed by atoms with Crippen LogP contribution < -0.4 is 0 Å². The molecule has 1 aliphatic heterocycles. The van der Waals surface area contributed by atoms with Gasteiger partial charge in [-0.15, -0.1) is 0 Å². The second-order valence-electron chi connectivity index (χ2n) is 5.79. The lowest BCUT2D eigenvalue weighted by Crippen LogP contribution is -2.34. The molecule has 4 nitrogen and oxygen atoms in total. The van der Waals surface area contributed by atoms with Crippen molar-refractivity contribution in [2.24, 2.45) is 0 Å². The summed E-state index contributed by atoms with van der Waals surface area (Å²) in [6.45, 7) is 2.25. The van der Waals surface area contributed by atoms with Crippen molar-refractivity contribution in [3.63, 3.8) is 0 Å². The van der Waals surface area contributed by atoms with Crippen molar-refractivity contribution in [2.45, 2.75) is 38.8 Å². The van der Waals surface area contributed by atoms with Gasteiger partial charge in [-0.2, -0.15) is 0 Å². The van der Waals surface area contributed by atoms with E-state index in [4.69, 9.17) is 0 Å². The lowest BCUT2D eigenvalue weighted by Gasteiger charge is -2.20. The standard InChI is InChI=1S/C17H22N2O2/c20-13-14-5-6-16-15(11-14)7-10-19(16)12-17(21)18-8-3-1-2-4-9-18/h5-7,10-11,20H,1-4,8-9,12-13H2. The first kappa shape index (κ1) is 14.1. The van der Waals surface area contributed by atoms with E-state index < -0.39 is 0 Å². The molecule has 0 spiro atoms. The smallest absolute Gasteiger partial charge is 0.242 e. The Labute approximate surface area is 125 Å². The maximum Gasteiger partial charge on any atom is 0.242 e. The third-order valence-electron chi connectivity index (χ3n) is 4.28. The molecule has 0 radical (unpaired) electrons. The number of hydrogen-bond acceptors (Lipinski definition) is 2. The molecule has 1 amide bonds. The molecule has 21 heavy (non-hydrogen) atoms. The predicted octanol–water partition coefficient (Wildman–Crippen LogP) is 2.54. The van der Waals surface area contributed by atoms with Crippen LogP contribution in [0.5, 0.6) is 0 Å². The summed E-state index contributed by atoms with van der Waals surface area (Å²) in [4.78, 5) is 14.5. The predicted molar refractivity (Wildman–Crippen MR) is 82.9 cm³/mol. The van der Waals surface area contributed by atoms with Crippen molar-refractivity contribution in [2.75, 3.05) is 13.1 Å². The van der Waals surface area contributed by atoms with Gasteiger partial charge in [0, 0.05) is 24.8 Å². The molecule has 0 bridgehead atoms. The van der Waals surface area contributed by atoms with Gasteiger partial charge in [0.05, 0.1) is 6.61 Å². The molecule has 1 aliphatic rings. The van der Waals surface area contributed by atoms with Crippen molar-refractivity contribution in [3.8, 4) is 0 Å². The van der Waals surface area contributed by atoms with Crippen molar-refractivity contribution >= 4 is 16.8 Å². The Morgan fingerprint density at radius 2 is 1.86 bits per heavy atom. The van der Waals surface area contributed by atoms with Crippen LogP contribution in [-0.4, -0.2) is 33.6 Å². The molecule has 1 aromatic heterocycles. The topological polar surface area (TPSA) is 45.5 Å². The van der Waals surface area contributed by atoms with Gasteiger partial charge in [0.1, 0.15) is 6.54 Å². The number of carbonyl (C=O) groups excluding carboxylic acids is 1. The molecule has 112 valence electrons. The number of nitrogens with zero attached hydrogens (tertiary/aromatic N) is 2. The third kappa shape index (κ3) is 3.10. The zero-order valence-electron chi connectivity index (χ0n) is 12.3. The van der Waals surface area contributed by atoms with Crippen LogP contribution in [0.25, 0.3) is 10.9 Å². The minimum absolute atomic E-state index is 0.0494. The molecule has 0 saturated carbocycles. The number of aromatic nitrogens is 1. The van der Waals surface area contributed by atoms with E-state index in [1.807, 2.05) is 39.9 Å². The summed E-state index contributed by atoms with van der Waals surface area (Å²) >= 11 is 0. The molecule has 1 fully saturated rings. The van der Waals surface area contributed by atoms with Gasteiger partial charge >= 0.3 is 0 Å². The van der Waals surface area contributed by atoms with E-state index in [9.17, 15) is 9.90 Å². The lowest BCUT2D eigenvalue weighted by molar-refractivity contribution is -0.131. The molecule has 1 aromatic carbocycles. The highest BCUT2D eigenvalue weighted by Gasteiger charge is 2.16. The Morgan fingerprint density at radius 3 is 2.57 bits per heavy atom. The first-order valence-electron chi connectivity index (χ1n) is 7.74. The van der Waals surface area contributed by atoms with Crippen LogP contribution in [0, 0.1) is 0 Å². The second kappa shape index (κ2) is 6.31.